The molecule has 2 N–H and O–H groups in total. The fraction of sp³-hybridized carbons (Fsp3) is 0.385. The Bertz CT molecular complexity index is 308. The summed E-state index contributed by atoms with van der Waals surface area (Å²) in [4.78, 5) is 0. The van der Waals surface area contributed by atoms with Gasteiger partial charge in [-0.3, -0.25) is 0 Å². The molecule has 0 fully saturated rings. The van der Waals surface area contributed by atoms with Crippen molar-refractivity contribution in [3.63, 3.8) is 0 Å². The lowest BCUT2D eigenvalue weighted by atomic mass is 10.0. The van der Waals surface area contributed by atoms with Crippen molar-refractivity contribution < 1.29 is 4.74 Å². The number of hydrogen-bond donors (Lipinski definition) is 1. The third-order valence-electron chi connectivity index (χ3n) is 2.10. The monoisotopic (exact) mass is 241 g/mol. The zero-order valence-corrected chi connectivity index (χ0v) is 10.7. The van der Waals surface area contributed by atoms with E-state index in [1.165, 1.54) is 0 Å². The van der Waals surface area contributed by atoms with Gasteiger partial charge in [0, 0.05) is 6.04 Å². The van der Waals surface area contributed by atoms with Gasteiger partial charge < -0.3 is 10.5 Å². The van der Waals surface area contributed by atoms with Gasteiger partial charge in [-0.15, -0.1) is 19.0 Å². The Hall–Kier alpha value is -0.990. The molecule has 0 saturated heterocycles. The highest BCUT2D eigenvalue weighted by molar-refractivity contribution is 5.85. The molecule has 0 amide bonds. The van der Waals surface area contributed by atoms with Crippen LogP contribution in [0.4, 0.5) is 0 Å². The first-order chi connectivity index (χ1) is 7.13. The van der Waals surface area contributed by atoms with Crippen LogP contribution in [0, 0.1) is 0 Å². The summed E-state index contributed by atoms with van der Waals surface area (Å²) in [5.74, 6) is 0.888. The van der Waals surface area contributed by atoms with Crippen LogP contribution in [0.5, 0.6) is 5.75 Å². The predicted octanol–water partition coefficient (Wildman–Crippen LogP) is 3.47. The lowest BCUT2D eigenvalue weighted by Crippen LogP contribution is -2.09. The summed E-state index contributed by atoms with van der Waals surface area (Å²) < 4.78 is 5.55. The molecule has 0 radical (unpaired) electrons. The maximum atomic E-state index is 5.94. The Morgan fingerprint density at radius 1 is 1.31 bits per heavy atom. The molecule has 0 bridgehead atoms. The van der Waals surface area contributed by atoms with Crippen molar-refractivity contribution >= 4 is 12.4 Å². The van der Waals surface area contributed by atoms with Gasteiger partial charge in [0.2, 0.25) is 0 Å². The van der Waals surface area contributed by atoms with Crippen molar-refractivity contribution in [3.8, 4) is 5.75 Å². The molecule has 0 saturated carbocycles. The van der Waals surface area contributed by atoms with E-state index in [-0.39, 0.29) is 24.6 Å². The van der Waals surface area contributed by atoms with E-state index in [1.54, 1.807) is 0 Å². The molecule has 0 aliphatic rings. The summed E-state index contributed by atoms with van der Waals surface area (Å²) in [6.07, 6.45) is 2.84. The minimum absolute atomic E-state index is 0. The molecule has 0 aliphatic heterocycles. The van der Waals surface area contributed by atoms with Gasteiger partial charge in [0.15, 0.2) is 0 Å². The Morgan fingerprint density at radius 3 is 2.31 bits per heavy atom. The number of benzene rings is 1. The van der Waals surface area contributed by atoms with Gasteiger partial charge >= 0.3 is 0 Å². The van der Waals surface area contributed by atoms with Gasteiger partial charge in [0.05, 0.1) is 6.10 Å². The smallest absolute Gasteiger partial charge is 0.119 e. The highest BCUT2D eigenvalue weighted by atomic mass is 35.5. The van der Waals surface area contributed by atoms with Crippen LogP contribution in [-0.2, 0) is 0 Å². The van der Waals surface area contributed by atoms with E-state index in [9.17, 15) is 0 Å². The number of nitrogens with two attached hydrogens (primary N) is 1. The quantitative estimate of drug-likeness (QED) is 0.802. The van der Waals surface area contributed by atoms with Crippen LogP contribution in [0.3, 0.4) is 0 Å². The summed E-state index contributed by atoms with van der Waals surface area (Å²) in [6.45, 7) is 7.70. The van der Waals surface area contributed by atoms with Gasteiger partial charge in [-0.25, -0.2) is 0 Å². The van der Waals surface area contributed by atoms with Crippen molar-refractivity contribution in [3.05, 3.63) is 42.5 Å². The molecule has 0 unspecified atom stereocenters. The summed E-state index contributed by atoms with van der Waals surface area (Å²) in [6, 6.07) is 7.96. The third-order valence-corrected chi connectivity index (χ3v) is 2.10. The number of rotatable bonds is 5. The zero-order valence-electron chi connectivity index (χ0n) is 9.85. The Balaban J connectivity index is 0.00000225. The van der Waals surface area contributed by atoms with E-state index >= 15 is 0 Å². The molecular formula is C13H20ClNO. The largest absolute Gasteiger partial charge is 0.491 e. The third kappa shape index (κ3) is 4.69. The molecule has 1 atom stereocenters. The van der Waals surface area contributed by atoms with Crippen LogP contribution >= 0.6 is 12.4 Å². The lowest BCUT2D eigenvalue weighted by Gasteiger charge is -2.12. The highest BCUT2D eigenvalue weighted by Crippen LogP contribution is 2.19. The fourth-order valence-corrected chi connectivity index (χ4v) is 1.38. The number of hydrogen-bond acceptors (Lipinski definition) is 2. The van der Waals surface area contributed by atoms with Crippen molar-refractivity contribution in [2.75, 3.05) is 0 Å². The molecular weight excluding hydrogens is 222 g/mol. The average Bonchev–Trinajstić information content (AvgIpc) is 2.18. The van der Waals surface area contributed by atoms with Crippen LogP contribution in [-0.4, -0.2) is 6.10 Å². The van der Waals surface area contributed by atoms with Gasteiger partial charge in [0.1, 0.15) is 5.75 Å². The minimum Gasteiger partial charge on any atom is -0.491 e. The summed E-state index contributed by atoms with van der Waals surface area (Å²) in [5.41, 5.74) is 7.06. The summed E-state index contributed by atoms with van der Waals surface area (Å²) in [7, 11) is 0. The van der Waals surface area contributed by atoms with Gasteiger partial charge in [-0.1, -0.05) is 18.2 Å². The molecule has 0 spiro atoms. The lowest BCUT2D eigenvalue weighted by molar-refractivity contribution is 0.242. The van der Waals surface area contributed by atoms with E-state index in [0.29, 0.717) is 0 Å². The van der Waals surface area contributed by atoms with Crippen molar-refractivity contribution in [2.24, 2.45) is 5.73 Å². The summed E-state index contributed by atoms with van der Waals surface area (Å²) >= 11 is 0. The fourth-order valence-electron chi connectivity index (χ4n) is 1.38. The Labute approximate surface area is 104 Å². The molecule has 1 aromatic carbocycles. The first-order valence-electron chi connectivity index (χ1n) is 5.26. The Morgan fingerprint density at radius 2 is 1.88 bits per heavy atom. The van der Waals surface area contributed by atoms with Crippen molar-refractivity contribution in [1.82, 2.24) is 0 Å². The first-order valence-corrected chi connectivity index (χ1v) is 5.26. The van der Waals surface area contributed by atoms with Gasteiger partial charge in [0.25, 0.3) is 0 Å². The topological polar surface area (TPSA) is 35.2 Å². The number of ether oxygens (including phenoxy) is 1. The summed E-state index contributed by atoms with van der Waals surface area (Å²) in [5, 5.41) is 0. The minimum atomic E-state index is 0. The maximum absolute atomic E-state index is 5.94. The van der Waals surface area contributed by atoms with E-state index < -0.39 is 0 Å². The second-order valence-electron chi connectivity index (χ2n) is 3.87. The van der Waals surface area contributed by atoms with Crippen LogP contribution in [0.1, 0.15) is 31.9 Å². The van der Waals surface area contributed by atoms with E-state index in [1.807, 2.05) is 44.2 Å². The average molecular weight is 242 g/mol. The molecule has 16 heavy (non-hydrogen) atoms. The van der Waals surface area contributed by atoms with E-state index in [4.69, 9.17) is 10.5 Å². The van der Waals surface area contributed by atoms with Crippen molar-refractivity contribution in [1.29, 1.82) is 0 Å². The standard InChI is InChI=1S/C13H19NO.ClH/c1-4-5-13(14)11-6-8-12(9-7-11)15-10(2)3;/h4,6-10,13H,1,5,14H2,2-3H3;1H/t13-;/m0./s1. The highest BCUT2D eigenvalue weighted by Gasteiger charge is 2.04. The van der Waals surface area contributed by atoms with Crippen molar-refractivity contribution in [2.45, 2.75) is 32.4 Å². The van der Waals surface area contributed by atoms with Crippen LogP contribution < -0.4 is 10.5 Å². The SMILES string of the molecule is C=CC[C@H](N)c1ccc(OC(C)C)cc1.Cl. The normalized spacial score (nSPS) is 11.8. The molecule has 1 aromatic rings. The van der Waals surface area contributed by atoms with Crippen LogP contribution in [0.2, 0.25) is 0 Å². The maximum Gasteiger partial charge on any atom is 0.119 e. The van der Waals surface area contributed by atoms with Crippen LogP contribution in [0.15, 0.2) is 36.9 Å². The molecule has 2 nitrogen and oxygen atoms in total. The molecule has 3 heteroatoms. The second kappa shape index (κ2) is 7.31. The Kier molecular flexibility index (Phi) is 6.86. The molecule has 90 valence electrons. The molecule has 0 aliphatic carbocycles. The molecule has 0 heterocycles. The second-order valence-corrected chi connectivity index (χ2v) is 3.87. The first kappa shape index (κ1) is 15.0. The van der Waals surface area contributed by atoms with Gasteiger partial charge in [-0.05, 0) is 38.0 Å². The molecule has 1 rings (SSSR count). The molecule has 0 aromatic heterocycles. The van der Waals surface area contributed by atoms with Crippen LogP contribution in [0.25, 0.3) is 0 Å². The van der Waals surface area contributed by atoms with E-state index in [2.05, 4.69) is 6.58 Å². The van der Waals surface area contributed by atoms with Gasteiger partial charge in [-0.2, -0.15) is 0 Å². The zero-order chi connectivity index (χ0) is 11.3. The number of halogens is 1. The predicted molar refractivity (Wildman–Crippen MR) is 71.2 cm³/mol. The van der Waals surface area contributed by atoms with E-state index in [0.717, 1.165) is 17.7 Å².